The Morgan fingerprint density at radius 2 is 1.64 bits per heavy atom. The molecule has 0 aliphatic rings. The Bertz CT molecular complexity index is 705. The molecule has 0 heterocycles. The van der Waals surface area contributed by atoms with Gasteiger partial charge < -0.3 is 25.2 Å². The van der Waals surface area contributed by atoms with E-state index in [4.69, 9.17) is 14.8 Å². The number of carboxylic acid groups (broad SMARTS) is 1. The predicted octanol–water partition coefficient (Wildman–Crippen LogP) is 0.288. The van der Waals surface area contributed by atoms with Crippen LogP contribution in [0.5, 0.6) is 0 Å². The van der Waals surface area contributed by atoms with E-state index in [9.17, 15) is 14.7 Å². The van der Waals surface area contributed by atoms with Crippen molar-refractivity contribution in [1.82, 2.24) is 5.32 Å². The lowest BCUT2D eigenvalue weighted by Gasteiger charge is -2.15. The minimum absolute atomic E-state index is 0.0393. The molecule has 0 bridgehead atoms. The van der Waals surface area contributed by atoms with Crippen LogP contribution in [0.3, 0.4) is 0 Å². The van der Waals surface area contributed by atoms with Crippen molar-refractivity contribution < 1.29 is 29.5 Å². The van der Waals surface area contributed by atoms with E-state index in [1.807, 2.05) is 18.2 Å². The van der Waals surface area contributed by atoms with Crippen LogP contribution in [0.15, 0.2) is 54.6 Å². The molecular weight excluding hydrogens is 325 g/mol. The van der Waals surface area contributed by atoms with Crippen LogP contribution in [0.4, 0.5) is 4.79 Å². The van der Waals surface area contributed by atoms with Gasteiger partial charge in [-0.05, 0) is 16.6 Å². The molecule has 4 N–H and O–H groups in total. The van der Waals surface area contributed by atoms with Gasteiger partial charge in [0, 0.05) is 6.42 Å². The van der Waals surface area contributed by atoms with E-state index < -0.39 is 25.2 Å². The molecule has 8 heteroatoms. The van der Waals surface area contributed by atoms with Crippen LogP contribution in [-0.4, -0.2) is 40.4 Å². The fraction of sp³-hybridized carbons (Fsp3) is 0.176. The summed E-state index contributed by atoms with van der Waals surface area (Å²) >= 11 is 0. The number of benzene rings is 2. The molecule has 25 heavy (non-hydrogen) atoms. The summed E-state index contributed by atoms with van der Waals surface area (Å²) in [7, 11) is -1.59. The second kappa shape index (κ2) is 8.86. The van der Waals surface area contributed by atoms with Crippen LogP contribution < -0.4 is 10.8 Å². The Labute approximate surface area is 145 Å². The fourth-order valence-corrected chi connectivity index (χ4v) is 2.17. The van der Waals surface area contributed by atoms with E-state index in [-0.39, 0.29) is 13.0 Å². The van der Waals surface area contributed by atoms with Gasteiger partial charge in [0.05, 0.1) is 0 Å². The summed E-state index contributed by atoms with van der Waals surface area (Å²) in [6, 6.07) is 14.0. The average molecular weight is 343 g/mol. The molecule has 2 aromatic rings. The molecule has 0 saturated carbocycles. The molecular formula is C17H18BNO6. The molecule has 1 unspecified atom stereocenters. The van der Waals surface area contributed by atoms with Crippen molar-refractivity contribution in [2.45, 2.75) is 19.1 Å². The normalized spacial score (nSPS) is 11.4. The van der Waals surface area contributed by atoms with Gasteiger partial charge in [-0.1, -0.05) is 54.6 Å². The van der Waals surface area contributed by atoms with E-state index in [1.165, 1.54) is 12.1 Å². The lowest BCUT2D eigenvalue weighted by atomic mass is 9.80. The van der Waals surface area contributed by atoms with Gasteiger partial charge in [-0.2, -0.15) is 0 Å². The number of ether oxygens (including phenoxy) is 1. The zero-order chi connectivity index (χ0) is 18.2. The maximum atomic E-state index is 11.8. The summed E-state index contributed by atoms with van der Waals surface area (Å²) in [5, 5.41) is 29.7. The van der Waals surface area contributed by atoms with E-state index >= 15 is 0 Å². The largest absolute Gasteiger partial charge is 0.488 e. The highest BCUT2D eigenvalue weighted by Gasteiger charge is 2.21. The first-order valence-corrected chi connectivity index (χ1v) is 7.60. The first kappa shape index (κ1) is 18.5. The Morgan fingerprint density at radius 1 is 1.00 bits per heavy atom. The summed E-state index contributed by atoms with van der Waals surface area (Å²) in [6.07, 6.45) is -0.781. The number of rotatable bonds is 7. The van der Waals surface area contributed by atoms with Gasteiger partial charge in [0.1, 0.15) is 12.6 Å². The SMILES string of the molecule is O=C(NC(Cc1ccc(B(O)O)cc1)C(=O)O)OCc1ccccc1. The van der Waals surface area contributed by atoms with Crippen LogP contribution in [0, 0.1) is 0 Å². The molecule has 0 saturated heterocycles. The first-order valence-electron chi connectivity index (χ1n) is 7.60. The van der Waals surface area contributed by atoms with Gasteiger partial charge in [0.25, 0.3) is 0 Å². The maximum absolute atomic E-state index is 11.8. The topological polar surface area (TPSA) is 116 Å². The van der Waals surface area contributed by atoms with Crippen LogP contribution >= 0.6 is 0 Å². The number of hydrogen-bond donors (Lipinski definition) is 4. The van der Waals surface area contributed by atoms with Gasteiger partial charge in [-0.25, -0.2) is 9.59 Å². The highest BCUT2D eigenvalue weighted by Crippen LogP contribution is 2.05. The molecule has 0 aliphatic carbocycles. The zero-order valence-corrected chi connectivity index (χ0v) is 13.3. The third-order valence-corrected chi connectivity index (χ3v) is 3.52. The summed E-state index contributed by atoms with van der Waals surface area (Å²) in [4.78, 5) is 23.1. The standard InChI is InChI=1S/C17H18BNO6/c20-16(21)15(10-12-6-8-14(9-7-12)18(23)24)19-17(22)25-11-13-4-2-1-3-5-13/h1-9,15,23-24H,10-11H2,(H,19,22)(H,20,21). The minimum Gasteiger partial charge on any atom is -0.480 e. The molecule has 0 aliphatic heterocycles. The monoisotopic (exact) mass is 343 g/mol. The second-order valence-electron chi connectivity index (χ2n) is 5.42. The van der Waals surface area contributed by atoms with Gasteiger partial charge in [0.15, 0.2) is 0 Å². The van der Waals surface area contributed by atoms with Crippen molar-refractivity contribution in [3.63, 3.8) is 0 Å². The number of nitrogens with one attached hydrogen (secondary N) is 1. The van der Waals surface area contributed by atoms with Crippen molar-refractivity contribution in [3.05, 3.63) is 65.7 Å². The van der Waals surface area contributed by atoms with Crippen molar-refractivity contribution in [2.75, 3.05) is 0 Å². The minimum atomic E-state index is -1.59. The van der Waals surface area contributed by atoms with E-state index in [0.717, 1.165) is 5.56 Å². The molecule has 2 aromatic carbocycles. The van der Waals surface area contributed by atoms with Crippen LogP contribution in [-0.2, 0) is 22.6 Å². The summed E-state index contributed by atoms with van der Waals surface area (Å²) in [6.45, 7) is 0.0437. The summed E-state index contributed by atoms with van der Waals surface area (Å²) < 4.78 is 5.02. The van der Waals surface area contributed by atoms with E-state index in [1.54, 1.807) is 24.3 Å². The van der Waals surface area contributed by atoms with Crippen molar-refractivity contribution in [3.8, 4) is 0 Å². The van der Waals surface area contributed by atoms with Crippen LogP contribution in [0.1, 0.15) is 11.1 Å². The molecule has 130 valence electrons. The molecule has 0 spiro atoms. The molecule has 1 atom stereocenters. The smallest absolute Gasteiger partial charge is 0.480 e. The molecule has 0 aromatic heterocycles. The lowest BCUT2D eigenvalue weighted by Crippen LogP contribution is -2.42. The van der Waals surface area contributed by atoms with Gasteiger partial charge >= 0.3 is 19.2 Å². The number of carboxylic acids is 1. The van der Waals surface area contributed by atoms with Gasteiger partial charge in [-0.3, -0.25) is 0 Å². The Hall–Kier alpha value is -2.84. The molecule has 1 amide bonds. The zero-order valence-electron chi connectivity index (χ0n) is 13.3. The van der Waals surface area contributed by atoms with E-state index in [2.05, 4.69) is 5.32 Å². The lowest BCUT2D eigenvalue weighted by molar-refractivity contribution is -0.139. The number of carbonyl (C=O) groups is 2. The average Bonchev–Trinajstić information content (AvgIpc) is 2.60. The number of alkyl carbamates (subject to hydrolysis) is 1. The van der Waals surface area contributed by atoms with Crippen molar-refractivity contribution in [2.24, 2.45) is 0 Å². The highest BCUT2D eigenvalue weighted by molar-refractivity contribution is 6.58. The summed E-state index contributed by atoms with van der Waals surface area (Å²) in [5.74, 6) is -1.19. The first-order chi connectivity index (χ1) is 12.0. The Kier molecular flexibility index (Phi) is 6.56. The molecule has 0 fully saturated rings. The second-order valence-corrected chi connectivity index (χ2v) is 5.42. The maximum Gasteiger partial charge on any atom is 0.488 e. The number of aliphatic carboxylic acids is 1. The third-order valence-electron chi connectivity index (χ3n) is 3.52. The van der Waals surface area contributed by atoms with Crippen molar-refractivity contribution >= 4 is 24.6 Å². The van der Waals surface area contributed by atoms with Crippen molar-refractivity contribution in [1.29, 1.82) is 0 Å². The number of amides is 1. The summed E-state index contributed by atoms with van der Waals surface area (Å²) in [5.41, 5.74) is 1.72. The number of hydrogen-bond acceptors (Lipinski definition) is 5. The Balaban J connectivity index is 1.91. The molecule has 2 rings (SSSR count). The Morgan fingerprint density at radius 3 is 2.20 bits per heavy atom. The fourth-order valence-electron chi connectivity index (χ4n) is 2.17. The highest BCUT2D eigenvalue weighted by atomic mass is 16.5. The molecule has 0 radical (unpaired) electrons. The van der Waals surface area contributed by atoms with E-state index in [0.29, 0.717) is 11.0 Å². The van der Waals surface area contributed by atoms with Gasteiger partial charge in [0.2, 0.25) is 0 Å². The quantitative estimate of drug-likeness (QED) is 0.537. The predicted molar refractivity (Wildman–Crippen MR) is 91.2 cm³/mol. The molecule has 7 nitrogen and oxygen atoms in total. The third kappa shape index (κ3) is 5.94. The van der Waals surface area contributed by atoms with Crippen LogP contribution in [0.25, 0.3) is 0 Å². The van der Waals surface area contributed by atoms with Gasteiger partial charge in [-0.15, -0.1) is 0 Å². The number of carbonyl (C=O) groups excluding carboxylic acids is 1. The van der Waals surface area contributed by atoms with Crippen LogP contribution in [0.2, 0.25) is 0 Å².